The Balaban J connectivity index is 1.95. The van der Waals surface area contributed by atoms with Crippen molar-refractivity contribution in [2.75, 3.05) is 0 Å². The van der Waals surface area contributed by atoms with Gasteiger partial charge in [-0.05, 0) is 32.6 Å². The Morgan fingerprint density at radius 3 is 2.91 bits per heavy atom. The van der Waals surface area contributed by atoms with Crippen LogP contribution in [0.3, 0.4) is 0 Å². The molecule has 1 fully saturated rings. The van der Waals surface area contributed by atoms with Gasteiger partial charge in [0.2, 0.25) is 5.91 Å². The van der Waals surface area contributed by atoms with Gasteiger partial charge in [-0.2, -0.15) is 0 Å². The van der Waals surface area contributed by atoms with Gasteiger partial charge in [0.25, 0.3) is 0 Å². The first-order valence-electron chi connectivity index (χ1n) is 8.00. The lowest BCUT2D eigenvalue weighted by Gasteiger charge is -2.30. The van der Waals surface area contributed by atoms with E-state index < -0.39 is 0 Å². The second-order valence-corrected chi connectivity index (χ2v) is 7.37. The van der Waals surface area contributed by atoms with Crippen molar-refractivity contribution in [3.05, 3.63) is 18.5 Å². The van der Waals surface area contributed by atoms with Crippen LogP contribution in [-0.4, -0.2) is 32.0 Å². The first-order valence-corrected chi connectivity index (χ1v) is 8.88. The molecule has 1 saturated carbocycles. The Labute approximate surface area is 137 Å². The summed E-state index contributed by atoms with van der Waals surface area (Å²) in [6, 6.07) is 0.317. The molecule has 1 amide bonds. The maximum absolute atomic E-state index is 12.4. The van der Waals surface area contributed by atoms with Gasteiger partial charge in [0.1, 0.15) is 5.82 Å². The third-order valence-electron chi connectivity index (χ3n) is 4.30. The van der Waals surface area contributed by atoms with Crippen LogP contribution in [0, 0.1) is 12.8 Å². The zero-order valence-corrected chi connectivity index (χ0v) is 14.5. The van der Waals surface area contributed by atoms with Crippen molar-refractivity contribution < 1.29 is 4.79 Å². The Kier molecular flexibility index (Phi) is 6.06. The molecule has 1 aliphatic carbocycles. The van der Waals surface area contributed by atoms with Crippen LogP contribution in [0.25, 0.3) is 0 Å². The molecule has 0 aromatic carbocycles. The van der Waals surface area contributed by atoms with Crippen LogP contribution >= 0.6 is 11.8 Å². The van der Waals surface area contributed by atoms with Crippen molar-refractivity contribution in [2.24, 2.45) is 5.92 Å². The number of thioether (sulfide) groups is 1. The summed E-state index contributed by atoms with van der Waals surface area (Å²) in [5, 5.41) is 12.1. The standard InChI is InChI=1S/C16H26N4OS/c1-5-10-20-13(4)18-19-16(20)22-12(3)15(21)17-14-9-7-6-8-11(14)2/h5,11-12,14H,1,6-10H2,2-4H3,(H,17,21)/t11-,12-,14+/m1/s1. The van der Waals surface area contributed by atoms with Gasteiger partial charge in [0.15, 0.2) is 5.16 Å². The Bertz CT molecular complexity index is 528. The summed E-state index contributed by atoms with van der Waals surface area (Å²) < 4.78 is 1.98. The second kappa shape index (κ2) is 7.81. The first kappa shape index (κ1) is 17.1. The van der Waals surface area contributed by atoms with Gasteiger partial charge in [-0.25, -0.2) is 0 Å². The van der Waals surface area contributed by atoms with E-state index in [4.69, 9.17) is 0 Å². The van der Waals surface area contributed by atoms with Crippen LogP contribution in [0.4, 0.5) is 0 Å². The lowest BCUT2D eigenvalue weighted by Crippen LogP contribution is -2.44. The van der Waals surface area contributed by atoms with Crippen LogP contribution in [0.15, 0.2) is 17.8 Å². The predicted octanol–water partition coefficient (Wildman–Crippen LogP) is 2.95. The van der Waals surface area contributed by atoms with E-state index >= 15 is 0 Å². The van der Waals surface area contributed by atoms with Gasteiger partial charge in [-0.15, -0.1) is 16.8 Å². The van der Waals surface area contributed by atoms with Crippen LogP contribution in [0.1, 0.15) is 45.4 Å². The van der Waals surface area contributed by atoms with Crippen molar-refractivity contribution >= 4 is 17.7 Å². The number of allylic oxidation sites excluding steroid dienone is 1. The largest absolute Gasteiger partial charge is 0.352 e. The van der Waals surface area contributed by atoms with E-state index in [0.29, 0.717) is 18.5 Å². The molecule has 3 atom stereocenters. The molecule has 22 heavy (non-hydrogen) atoms. The van der Waals surface area contributed by atoms with Gasteiger partial charge in [0.05, 0.1) is 5.25 Å². The van der Waals surface area contributed by atoms with Gasteiger partial charge in [0, 0.05) is 12.6 Å². The fourth-order valence-corrected chi connectivity index (χ4v) is 3.74. The normalized spacial score (nSPS) is 23.0. The number of aryl methyl sites for hydroxylation is 1. The lowest BCUT2D eigenvalue weighted by molar-refractivity contribution is -0.121. The van der Waals surface area contributed by atoms with Crippen molar-refractivity contribution in [3.8, 4) is 0 Å². The van der Waals surface area contributed by atoms with Crippen molar-refractivity contribution in [1.29, 1.82) is 0 Å². The highest BCUT2D eigenvalue weighted by Crippen LogP contribution is 2.26. The molecular weight excluding hydrogens is 296 g/mol. The summed E-state index contributed by atoms with van der Waals surface area (Å²) in [7, 11) is 0. The molecule has 6 heteroatoms. The van der Waals surface area contributed by atoms with E-state index in [0.717, 1.165) is 17.4 Å². The number of carbonyl (C=O) groups is 1. The summed E-state index contributed by atoms with van der Waals surface area (Å²) in [5.74, 6) is 1.51. The summed E-state index contributed by atoms with van der Waals surface area (Å²) in [6.45, 7) is 10.5. The number of hydrogen-bond acceptors (Lipinski definition) is 4. The predicted molar refractivity (Wildman–Crippen MR) is 89.8 cm³/mol. The van der Waals surface area contributed by atoms with E-state index in [1.165, 1.54) is 31.0 Å². The summed E-state index contributed by atoms with van der Waals surface area (Å²) in [4.78, 5) is 12.4. The molecule has 1 aliphatic rings. The minimum atomic E-state index is -0.179. The molecule has 0 bridgehead atoms. The van der Waals surface area contributed by atoms with Gasteiger partial charge in [-0.1, -0.05) is 37.6 Å². The van der Waals surface area contributed by atoms with Gasteiger partial charge >= 0.3 is 0 Å². The SMILES string of the molecule is C=CCn1c(C)nnc1S[C@H](C)C(=O)N[C@H]1CCCC[C@H]1C. The van der Waals surface area contributed by atoms with E-state index in [9.17, 15) is 4.79 Å². The second-order valence-electron chi connectivity index (χ2n) is 6.07. The smallest absolute Gasteiger partial charge is 0.233 e. The molecule has 0 unspecified atom stereocenters. The molecule has 122 valence electrons. The number of nitrogens with zero attached hydrogens (tertiary/aromatic N) is 3. The third kappa shape index (κ3) is 4.12. The molecule has 1 N–H and O–H groups in total. The average molecular weight is 322 g/mol. The Morgan fingerprint density at radius 2 is 2.23 bits per heavy atom. The monoisotopic (exact) mass is 322 g/mol. The highest BCUT2D eigenvalue weighted by molar-refractivity contribution is 8.00. The summed E-state index contributed by atoms with van der Waals surface area (Å²) in [5.41, 5.74) is 0. The zero-order valence-electron chi connectivity index (χ0n) is 13.7. The third-order valence-corrected chi connectivity index (χ3v) is 5.38. The molecule has 1 heterocycles. The van der Waals surface area contributed by atoms with E-state index in [1.54, 1.807) is 0 Å². The quantitative estimate of drug-likeness (QED) is 0.646. The average Bonchev–Trinajstić information content (AvgIpc) is 2.83. The van der Waals surface area contributed by atoms with Crippen molar-refractivity contribution in [3.63, 3.8) is 0 Å². The molecule has 1 aromatic rings. The van der Waals surface area contributed by atoms with Crippen LogP contribution in [0.2, 0.25) is 0 Å². The molecule has 0 radical (unpaired) electrons. The fraction of sp³-hybridized carbons (Fsp3) is 0.688. The molecule has 5 nitrogen and oxygen atoms in total. The van der Waals surface area contributed by atoms with Crippen LogP contribution in [0.5, 0.6) is 0 Å². The first-order chi connectivity index (χ1) is 10.5. The fourth-order valence-electron chi connectivity index (χ4n) is 2.83. The number of carbonyl (C=O) groups excluding carboxylic acids is 1. The number of rotatable bonds is 6. The maximum Gasteiger partial charge on any atom is 0.233 e. The molecule has 0 spiro atoms. The summed E-state index contributed by atoms with van der Waals surface area (Å²) >= 11 is 1.46. The lowest BCUT2D eigenvalue weighted by atomic mass is 9.86. The number of hydrogen-bond donors (Lipinski definition) is 1. The minimum Gasteiger partial charge on any atom is -0.352 e. The zero-order chi connectivity index (χ0) is 16.1. The van der Waals surface area contributed by atoms with Crippen molar-refractivity contribution in [1.82, 2.24) is 20.1 Å². The molecule has 2 rings (SSSR count). The molecule has 1 aromatic heterocycles. The highest BCUT2D eigenvalue weighted by atomic mass is 32.2. The maximum atomic E-state index is 12.4. The molecular formula is C16H26N4OS. The van der Waals surface area contributed by atoms with Gasteiger partial charge < -0.3 is 9.88 Å². The minimum absolute atomic E-state index is 0.0922. The Hall–Kier alpha value is -1.30. The van der Waals surface area contributed by atoms with E-state index in [1.807, 2.05) is 24.5 Å². The molecule has 0 aliphatic heterocycles. The van der Waals surface area contributed by atoms with Crippen molar-refractivity contribution in [2.45, 2.75) is 69.4 Å². The number of amides is 1. The van der Waals surface area contributed by atoms with Crippen LogP contribution in [-0.2, 0) is 11.3 Å². The van der Waals surface area contributed by atoms with Crippen LogP contribution < -0.4 is 5.32 Å². The topological polar surface area (TPSA) is 59.8 Å². The highest BCUT2D eigenvalue weighted by Gasteiger charge is 2.26. The van der Waals surface area contributed by atoms with E-state index in [-0.39, 0.29) is 11.2 Å². The summed E-state index contributed by atoms with van der Waals surface area (Å²) in [6.07, 6.45) is 6.61. The van der Waals surface area contributed by atoms with E-state index in [2.05, 4.69) is 29.0 Å². The Morgan fingerprint density at radius 1 is 1.50 bits per heavy atom. The number of aromatic nitrogens is 3. The molecule has 0 saturated heterocycles. The number of nitrogens with one attached hydrogen (secondary N) is 1. The van der Waals surface area contributed by atoms with Gasteiger partial charge in [-0.3, -0.25) is 4.79 Å².